The Morgan fingerprint density at radius 2 is 1.84 bits per heavy atom. The molecule has 0 heterocycles. The highest BCUT2D eigenvalue weighted by Crippen LogP contribution is 2.66. The summed E-state index contributed by atoms with van der Waals surface area (Å²) in [5.74, 6) is -0.549. The summed E-state index contributed by atoms with van der Waals surface area (Å²) in [4.78, 5) is 11.2. The Bertz CT molecular complexity index is 273. The molecule has 0 spiro atoms. The van der Waals surface area contributed by atoms with Crippen LogP contribution in [0.1, 0.15) is 0 Å². The number of alkyl halides is 2. The SMILES string of the molecule is O=C(CBr)O[C@H](COSP(I)I)[C@H](F)OSP(I)I. The number of carbonyl (C=O) groups excluding carboxylic acids is 1. The van der Waals surface area contributed by atoms with E-state index in [2.05, 4.69) is 104 Å². The Hall–Kier alpha value is 4.28. The Morgan fingerprint density at radius 1 is 1.26 bits per heavy atom. The summed E-state index contributed by atoms with van der Waals surface area (Å²) in [7, 11) is 0. The molecule has 0 aromatic heterocycles. The standard InChI is InChI=1S/C5H6BrFI4O4P2S2/c6-1-4(12)14-3(2-13-18-16(8)9)5(7)15-19-17(10)11/h3,5H,1-2H2/t3-,5-/m1/s1. The first-order chi connectivity index (χ1) is 8.86. The van der Waals surface area contributed by atoms with Gasteiger partial charge >= 0.3 is 5.97 Å². The highest BCUT2D eigenvalue weighted by Gasteiger charge is 2.28. The van der Waals surface area contributed by atoms with Gasteiger partial charge in [0.2, 0.25) is 0 Å². The van der Waals surface area contributed by atoms with Crippen LogP contribution in [0.15, 0.2) is 0 Å². The van der Waals surface area contributed by atoms with E-state index in [-0.39, 0.29) is 14.3 Å². The smallest absolute Gasteiger partial charge is 0.317 e. The first-order valence-electron chi connectivity index (χ1n) is 4.12. The van der Waals surface area contributed by atoms with Crippen LogP contribution in [0.3, 0.4) is 0 Å². The number of esters is 1. The molecule has 0 aliphatic carbocycles. The van der Waals surface area contributed by atoms with Gasteiger partial charge in [0, 0.05) is 23.3 Å². The minimum absolute atomic E-state index is 0.00700. The van der Waals surface area contributed by atoms with E-state index in [1.54, 1.807) is 0 Å². The van der Waals surface area contributed by atoms with Crippen molar-refractivity contribution in [3.05, 3.63) is 0 Å². The number of hydrogen-bond acceptors (Lipinski definition) is 6. The molecule has 0 rings (SSSR count). The Balaban J connectivity index is 4.26. The molecule has 0 saturated carbocycles. The van der Waals surface area contributed by atoms with E-state index in [0.29, 0.717) is 0 Å². The average Bonchev–Trinajstić information content (AvgIpc) is 2.33. The zero-order valence-electron chi connectivity index (χ0n) is 8.68. The van der Waals surface area contributed by atoms with Gasteiger partial charge in [-0.2, -0.15) is 0 Å². The van der Waals surface area contributed by atoms with Crippen LogP contribution in [-0.2, 0) is 17.9 Å². The Labute approximate surface area is 181 Å². The molecule has 19 heavy (non-hydrogen) atoms. The molecular formula is C5H6BrFI4O4P2S2. The van der Waals surface area contributed by atoms with Crippen molar-refractivity contribution >= 4 is 138 Å². The highest BCUT2D eigenvalue weighted by atomic mass is 127. The van der Waals surface area contributed by atoms with Crippen molar-refractivity contribution in [1.82, 2.24) is 0 Å². The first-order valence-corrected chi connectivity index (χ1v) is 21.8. The number of hydrogen-bond donors (Lipinski definition) is 0. The Kier molecular flexibility index (Phi) is 17.9. The lowest BCUT2D eigenvalue weighted by Crippen LogP contribution is -2.33. The summed E-state index contributed by atoms with van der Waals surface area (Å²) in [6.45, 7) is -0.0453. The van der Waals surface area contributed by atoms with Gasteiger partial charge < -0.3 is 8.92 Å². The van der Waals surface area contributed by atoms with Gasteiger partial charge in [-0.25, -0.2) is 4.39 Å². The van der Waals surface area contributed by atoms with Crippen LogP contribution in [0, 0.1) is 0 Å². The van der Waals surface area contributed by atoms with Gasteiger partial charge in [-0.05, 0) is 88.2 Å². The van der Waals surface area contributed by atoms with Crippen LogP contribution in [0.4, 0.5) is 4.39 Å². The van der Waals surface area contributed by atoms with Gasteiger partial charge in [-0.3, -0.25) is 8.98 Å². The third-order valence-corrected chi connectivity index (χ3v) is 9.45. The van der Waals surface area contributed by atoms with E-state index in [1.807, 2.05) is 0 Å². The van der Waals surface area contributed by atoms with Crippen molar-refractivity contribution in [3.63, 3.8) is 0 Å². The monoisotopic (exact) mass is 861 g/mol. The Morgan fingerprint density at radius 3 is 2.32 bits per heavy atom. The van der Waals surface area contributed by atoms with Gasteiger partial charge in [0.1, 0.15) is 16.8 Å². The molecule has 0 N–H and O–H groups in total. The normalized spacial score (nSPS) is 14.7. The largest absolute Gasteiger partial charge is 0.453 e. The zero-order valence-corrected chi connectivity index (χ0v) is 22.3. The second-order valence-electron chi connectivity index (χ2n) is 2.45. The molecule has 0 radical (unpaired) electrons. The van der Waals surface area contributed by atoms with E-state index in [9.17, 15) is 9.18 Å². The maximum absolute atomic E-state index is 13.8. The fraction of sp³-hybridized carbons (Fsp3) is 0.800. The van der Waals surface area contributed by atoms with Gasteiger partial charge in [0.05, 0.1) is 0 Å². The molecule has 0 bridgehead atoms. The predicted octanol–water partition coefficient (Wildman–Crippen LogP) is 7.11. The van der Waals surface area contributed by atoms with E-state index >= 15 is 0 Å². The summed E-state index contributed by atoms with van der Waals surface area (Å²) in [5.41, 5.74) is 0. The topological polar surface area (TPSA) is 44.8 Å². The summed E-state index contributed by atoms with van der Waals surface area (Å²) in [5, 5.41) is 0.00700. The maximum atomic E-state index is 13.8. The third-order valence-electron chi connectivity index (χ3n) is 1.22. The minimum atomic E-state index is -1.71. The van der Waals surface area contributed by atoms with Crippen LogP contribution < -0.4 is 0 Å². The second kappa shape index (κ2) is 14.6. The molecule has 0 amide bonds. The van der Waals surface area contributed by atoms with Crippen LogP contribution in [0.2, 0.25) is 0 Å². The maximum Gasteiger partial charge on any atom is 0.317 e. The van der Waals surface area contributed by atoms with Crippen molar-refractivity contribution in [2.45, 2.75) is 12.5 Å². The van der Waals surface area contributed by atoms with Crippen molar-refractivity contribution < 1.29 is 22.3 Å². The van der Waals surface area contributed by atoms with Crippen LogP contribution in [0.5, 0.6) is 0 Å². The first kappa shape index (κ1) is 23.3. The predicted molar refractivity (Wildman–Crippen MR) is 121 cm³/mol. The molecular weight excluding hydrogens is 857 g/mol. The van der Waals surface area contributed by atoms with Gasteiger partial charge in [0.25, 0.3) is 6.36 Å². The highest BCUT2D eigenvalue weighted by molar-refractivity contribution is 14.3. The third kappa shape index (κ3) is 14.3. The molecule has 0 aromatic rings. The summed E-state index contributed by atoms with van der Waals surface area (Å²) < 4.78 is 28.1. The molecule has 2 atom stereocenters. The number of ether oxygens (including phenoxy) is 1. The van der Waals surface area contributed by atoms with Gasteiger partial charge in [-0.1, -0.05) is 15.9 Å². The molecule has 0 fully saturated rings. The summed E-state index contributed by atoms with van der Waals surface area (Å²) >= 11 is 13.9. The van der Waals surface area contributed by atoms with Crippen molar-refractivity contribution in [2.24, 2.45) is 0 Å². The number of rotatable bonds is 10. The van der Waals surface area contributed by atoms with Crippen molar-refractivity contribution in [1.29, 1.82) is 0 Å². The van der Waals surface area contributed by atoms with E-state index < -0.39 is 20.8 Å². The minimum Gasteiger partial charge on any atom is -0.453 e. The van der Waals surface area contributed by atoms with Crippen molar-refractivity contribution in [2.75, 3.05) is 11.9 Å². The molecule has 0 saturated heterocycles. The molecule has 4 nitrogen and oxygen atoms in total. The second-order valence-corrected chi connectivity index (χ2v) is 38.1. The molecule has 0 unspecified atom stereocenters. The molecule has 114 valence electrons. The fourth-order valence-corrected chi connectivity index (χ4v) is 5.90. The van der Waals surface area contributed by atoms with Crippen LogP contribution in [0.25, 0.3) is 0 Å². The van der Waals surface area contributed by atoms with E-state index in [1.165, 1.54) is 11.7 Å². The summed E-state index contributed by atoms with van der Waals surface area (Å²) in [6.07, 6.45) is -2.77. The lowest BCUT2D eigenvalue weighted by Gasteiger charge is -2.20. The van der Waals surface area contributed by atoms with Crippen LogP contribution >= 0.6 is 132 Å². The van der Waals surface area contributed by atoms with E-state index in [4.69, 9.17) is 13.1 Å². The lowest BCUT2D eigenvalue weighted by atomic mass is 10.4. The van der Waals surface area contributed by atoms with Crippen molar-refractivity contribution in [3.8, 4) is 0 Å². The molecule has 0 aliphatic rings. The molecule has 14 heteroatoms. The number of halogens is 6. The molecule has 0 aromatic carbocycles. The lowest BCUT2D eigenvalue weighted by molar-refractivity contribution is -0.158. The van der Waals surface area contributed by atoms with Gasteiger partial charge in [-0.15, -0.1) is 0 Å². The quantitative estimate of drug-likeness (QED) is 0.0768. The van der Waals surface area contributed by atoms with Crippen LogP contribution in [-0.4, -0.2) is 30.4 Å². The number of carbonyl (C=O) groups is 1. The fourth-order valence-electron chi connectivity index (χ4n) is 0.636. The molecule has 0 aliphatic heterocycles. The van der Waals surface area contributed by atoms with Gasteiger partial charge in [0.15, 0.2) is 6.10 Å². The van der Waals surface area contributed by atoms with E-state index in [0.717, 1.165) is 11.7 Å². The summed E-state index contributed by atoms with van der Waals surface area (Å²) in [6, 6.07) is 0. The zero-order chi connectivity index (χ0) is 14.8. The average molecular weight is 863 g/mol.